The maximum absolute atomic E-state index is 5.29. The molecule has 0 amide bonds. The summed E-state index contributed by atoms with van der Waals surface area (Å²) in [6, 6.07) is 0.266. The summed E-state index contributed by atoms with van der Waals surface area (Å²) in [5.41, 5.74) is 0. The van der Waals surface area contributed by atoms with Crippen molar-refractivity contribution in [1.82, 2.24) is 35.5 Å². The van der Waals surface area contributed by atoms with Crippen LogP contribution in [-0.2, 0) is 30.7 Å². The van der Waals surface area contributed by atoms with E-state index >= 15 is 0 Å². The first-order chi connectivity index (χ1) is 14.1. The largest absolute Gasteiger partial charge is 0.377 e. The van der Waals surface area contributed by atoms with E-state index in [0.717, 1.165) is 62.2 Å². The van der Waals surface area contributed by atoms with Gasteiger partial charge in [0.05, 0.1) is 6.54 Å². The van der Waals surface area contributed by atoms with Crippen LogP contribution in [0.15, 0.2) is 9.52 Å². The molecule has 1 aliphatic heterocycles. The molecule has 0 fully saturated rings. The average molecular weight is 405 g/mol. The van der Waals surface area contributed by atoms with Gasteiger partial charge in [0.15, 0.2) is 17.6 Å². The summed E-state index contributed by atoms with van der Waals surface area (Å²) in [7, 11) is 1.66. The molecule has 10 nitrogen and oxygen atoms in total. The number of nitrogens with zero attached hydrogens (tertiary/aromatic N) is 6. The van der Waals surface area contributed by atoms with E-state index in [1.165, 1.54) is 0 Å². The standard InChI is InChI=1S/C19H32N8O2/c1-5-20-19(21-10-6-7-17-24-18(13(2)3)26-29-17)22-14-8-9-16-23-15(12-28-4)25-27(16)11-14/h13-14H,5-12H2,1-4H3,(H2,20,21,22). The Bertz CT molecular complexity index is 798. The molecule has 1 unspecified atom stereocenters. The fourth-order valence-corrected chi connectivity index (χ4v) is 3.21. The van der Waals surface area contributed by atoms with Crippen molar-refractivity contribution in [3.63, 3.8) is 0 Å². The molecule has 0 saturated heterocycles. The summed E-state index contributed by atoms with van der Waals surface area (Å²) in [5, 5.41) is 15.4. The Kier molecular flexibility index (Phi) is 7.56. The number of ether oxygens (including phenoxy) is 1. The van der Waals surface area contributed by atoms with Gasteiger partial charge >= 0.3 is 0 Å². The smallest absolute Gasteiger partial charge is 0.226 e. The lowest BCUT2D eigenvalue weighted by molar-refractivity contribution is 0.177. The molecule has 0 saturated carbocycles. The monoisotopic (exact) mass is 404 g/mol. The lowest BCUT2D eigenvalue weighted by Crippen LogP contribution is -2.47. The summed E-state index contributed by atoms with van der Waals surface area (Å²) in [6.07, 6.45) is 3.48. The second kappa shape index (κ2) is 10.3. The van der Waals surface area contributed by atoms with E-state index in [9.17, 15) is 0 Å². The second-order valence-electron chi connectivity index (χ2n) is 7.50. The average Bonchev–Trinajstić information content (AvgIpc) is 3.32. The zero-order valence-corrected chi connectivity index (χ0v) is 17.8. The minimum Gasteiger partial charge on any atom is -0.377 e. The number of hydrogen-bond donors (Lipinski definition) is 2. The number of nitrogens with one attached hydrogen (secondary N) is 2. The maximum atomic E-state index is 5.29. The summed E-state index contributed by atoms with van der Waals surface area (Å²) in [4.78, 5) is 13.6. The molecule has 0 bridgehead atoms. The number of rotatable bonds is 9. The molecular weight excluding hydrogens is 372 g/mol. The summed E-state index contributed by atoms with van der Waals surface area (Å²) in [6.45, 7) is 8.90. The SMILES string of the molecule is CCNC(=NCCCc1nc(C(C)C)no1)NC1CCc2nc(COC)nn2C1. The van der Waals surface area contributed by atoms with E-state index in [1.807, 2.05) is 4.68 Å². The predicted molar refractivity (Wildman–Crippen MR) is 109 cm³/mol. The van der Waals surface area contributed by atoms with Crippen LogP contribution in [0.25, 0.3) is 0 Å². The highest BCUT2D eigenvalue weighted by molar-refractivity contribution is 5.80. The molecule has 1 atom stereocenters. The molecule has 160 valence electrons. The van der Waals surface area contributed by atoms with Crippen molar-refractivity contribution >= 4 is 5.96 Å². The van der Waals surface area contributed by atoms with Crippen molar-refractivity contribution in [3.05, 3.63) is 23.4 Å². The van der Waals surface area contributed by atoms with Crippen LogP contribution in [0.4, 0.5) is 0 Å². The van der Waals surface area contributed by atoms with Crippen molar-refractivity contribution in [1.29, 1.82) is 0 Å². The molecule has 0 aromatic carbocycles. The first-order valence-corrected chi connectivity index (χ1v) is 10.4. The van der Waals surface area contributed by atoms with Crippen LogP contribution in [0.1, 0.15) is 62.9 Å². The number of aryl methyl sites for hydroxylation is 2. The molecule has 2 N–H and O–H groups in total. The Morgan fingerprint density at radius 3 is 2.97 bits per heavy atom. The van der Waals surface area contributed by atoms with Crippen molar-refractivity contribution in [3.8, 4) is 0 Å². The van der Waals surface area contributed by atoms with Gasteiger partial charge in [-0.05, 0) is 19.8 Å². The van der Waals surface area contributed by atoms with Crippen LogP contribution in [0.3, 0.4) is 0 Å². The lowest BCUT2D eigenvalue weighted by Gasteiger charge is -2.25. The van der Waals surface area contributed by atoms with Gasteiger partial charge in [0, 0.05) is 45.0 Å². The van der Waals surface area contributed by atoms with Gasteiger partial charge in [-0.15, -0.1) is 0 Å². The Morgan fingerprint density at radius 1 is 1.38 bits per heavy atom. The molecule has 29 heavy (non-hydrogen) atoms. The van der Waals surface area contributed by atoms with Crippen LogP contribution < -0.4 is 10.6 Å². The number of aliphatic imine (C=N–C) groups is 1. The molecule has 2 aromatic heterocycles. The van der Waals surface area contributed by atoms with E-state index in [0.29, 0.717) is 19.0 Å². The highest BCUT2D eigenvalue weighted by Gasteiger charge is 2.22. The van der Waals surface area contributed by atoms with Crippen LogP contribution in [0.5, 0.6) is 0 Å². The first kappa shape index (κ1) is 21.2. The van der Waals surface area contributed by atoms with E-state index in [2.05, 4.69) is 51.6 Å². The molecule has 0 spiro atoms. The van der Waals surface area contributed by atoms with Crippen molar-refractivity contribution in [2.24, 2.45) is 4.99 Å². The highest BCUT2D eigenvalue weighted by atomic mass is 16.5. The normalized spacial score (nSPS) is 16.9. The highest BCUT2D eigenvalue weighted by Crippen LogP contribution is 2.14. The fourth-order valence-electron chi connectivity index (χ4n) is 3.21. The Morgan fingerprint density at radius 2 is 2.24 bits per heavy atom. The van der Waals surface area contributed by atoms with Crippen molar-refractivity contribution in [2.75, 3.05) is 20.2 Å². The van der Waals surface area contributed by atoms with Gasteiger partial charge in [-0.25, -0.2) is 9.67 Å². The summed E-state index contributed by atoms with van der Waals surface area (Å²) in [5.74, 6) is 4.31. The fraction of sp³-hybridized carbons (Fsp3) is 0.737. The number of fused-ring (bicyclic) bond motifs is 1. The van der Waals surface area contributed by atoms with Crippen LogP contribution in [0.2, 0.25) is 0 Å². The number of guanidine groups is 1. The first-order valence-electron chi connectivity index (χ1n) is 10.4. The van der Waals surface area contributed by atoms with Gasteiger partial charge in [-0.2, -0.15) is 10.1 Å². The molecule has 0 radical (unpaired) electrons. The van der Waals surface area contributed by atoms with E-state index in [-0.39, 0.29) is 12.0 Å². The van der Waals surface area contributed by atoms with E-state index in [1.54, 1.807) is 7.11 Å². The zero-order valence-electron chi connectivity index (χ0n) is 17.8. The minimum atomic E-state index is 0.266. The third kappa shape index (κ3) is 5.99. The second-order valence-corrected chi connectivity index (χ2v) is 7.50. The van der Waals surface area contributed by atoms with Gasteiger partial charge < -0.3 is 19.9 Å². The number of aromatic nitrogens is 5. The van der Waals surface area contributed by atoms with E-state index < -0.39 is 0 Å². The zero-order chi connectivity index (χ0) is 20.6. The molecular formula is C19H32N8O2. The Labute approximate surface area is 171 Å². The quantitative estimate of drug-likeness (QED) is 0.366. The number of methoxy groups -OCH3 is 1. The molecule has 3 heterocycles. The Balaban J connectivity index is 1.49. The molecule has 2 aromatic rings. The molecule has 1 aliphatic rings. The van der Waals surface area contributed by atoms with Crippen LogP contribution in [-0.4, -0.2) is 57.1 Å². The molecule has 3 rings (SSSR count). The summed E-state index contributed by atoms with van der Waals surface area (Å²) < 4.78 is 12.4. The van der Waals surface area contributed by atoms with E-state index in [4.69, 9.17) is 14.3 Å². The summed E-state index contributed by atoms with van der Waals surface area (Å²) >= 11 is 0. The van der Waals surface area contributed by atoms with Gasteiger partial charge in [0.25, 0.3) is 0 Å². The minimum absolute atomic E-state index is 0.266. The van der Waals surface area contributed by atoms with Gasteiger partial charge in [0.2, 0.25) is 5.89 Å². The van der Waals surface area contributed by atoms with Crippen LogP contribution in [0, 0.1) is 0 Å². The topological polar surface area (TPSA) is 115 Å². The third-order valence-corrected chi connectivity index (χ3v) is 4.68. The Hall–Kier alpha value is -2.49. The van der Waals surface area contributed by atoms with Crippen molar-refractivity contribution in [2.45, 2.75) is 71.6 Å². The number of hydrogen-bond acceptors (Lipinski definition) is 7. The van der Waals surface area contributed by atoms with Crippen molar-refractivity contribution < 1.29 is 9.26 Å². The van der Waals surface area contributed by atoms with Crippen LogP contribution >= 0.6 is 0 Å². The molecule has 0 aliphatic carbocycles. The van der Waals surface area contributed by atoms with Gasteiger partial charge in [-0.1, -0.05) is 19.0 Å². The predicted octanol–water partition coefficient (Wildman–Crippen LogP) is 1.43. The maximum Gasteiger partial charge on any atom is 0.226 e. The molecule has 10 heteroatoms. The van der Waals surface area contributed by atoms with Gasteiger partial charge in [0.1, 0.15) is 12.4 Å². The third-order valence-electron chi connectivity index (χ3n) is 4.68. The van der Waals surface area contributed by atoms with Gasteiger partial charge in [-0.3, -0.25) is 4.99 Å². The lowest BCUT2D eigenvalue weighted by atomic mass is 10.1.